The van der Waals surface area contributed by atoms with Gasteiger partial charge in [-0.25, -0.2) is 9.18 Å². The average molecular weight is 571 g/mol. The summed E-state index contributed by atoms with van der Waals surface area (Å²) < 4.78 is 66.9. The fraction of sp³-hybridized carbons (Fsp3) is 0.407. The van der Waals surface area contributed by atoms with Crippen molar-refractivity contribution >= 4 is 32.1 Å². The van der Waals surface area contributed by atoms with Gasteiger partial charge in [0.25, 0.3) is 0 Å². The lowest BCUT2D eigenvalue weighted by atomic mass is 9.98. The predicted octanol–water partition coefficient (Wildman–Crippen LogP) is 6.75. The summed E-state index contributed by atoms with van der Waals surface area (Å²) in [5.41, 5.74) is -0.158. The van der Waals surface area contributed by atoms with Gasteiger partial charge in [-0.1, -0.05) is 63.8 Å². The van der Waals surface area contributed by atoms with Crippen LogP contribution in [0.1, 0.15) is 37.5 Å². The number of hydrogen-bond donors (Lipinski definition) is 3. The van der Waals surface area contributed by atoms with E-state index in [1.165, 1.54) is 12.1 Å². The molecule has 214 valence electrons. The third-order valence-corrected chi connectivity index (χ3v) is 11.0. The van der Waals surface area contributed by atoms with Crippen LogP contribution in [-0.4, -0.2) is 44.2 Å². The molecule has 0 aromatic heterocycles. The highest BCUT2D eigenvalue weighted by Gasteiger charge is 2.40. The lowest BCUT2D eigenvalue weighted by Crippen LogP contribution is -2.47. The molecule has 2 rings (SSSR count). The monoisotopic (exact) mass is 570 g/mol. The number of ether oxygens (including phenoxy) is 1. The third-order valence-electron chi connectivity index (χ3n) is 6.55. The van der Waals surface area contributed by atoms with Crippen LogP contribution in [0.25, 0.3) is 6.08 Å². The number of halogens is 4. The minimum atomic E-state index is -5.29. The molecule has 1 unspecified atom stereocenters. The molecule has 0 aliphatic carbocycles. The van der Waals surface area contributed by atoms with Gasteiger partial charge < -0.3 is 24.9 Å². The van der Waals surface area contributed by atoms with E-state index in [1.807, 2.05) is 33.9 Å². The van der Waals surface area contributed by atoms with Crippen LogP contribution in [0.3, 0.4) is 0 Å². The zero-order chi connectivity index (χ0) is 29.6. The molecule has 0 saturated carbocycles. The zero-order valence-corrected chi connectivity index (χ0v) is 23.5. The maximum absolute atomic E-state index is 15.9. The molecule has 12 heteroatoms. The molecule has 2 aromatic carbocycles. The number of benzene rings is 2. The lowest BCUT2D eigenvalue weighted by molar-refractivity contribution is -0.167. The first-order valence-corrected chi connectivity index (χ1v) is 15.0. The van der Waals surface area contributed by atoms with Crippen molar-refractivity contribution in [3.63, 3.8) is 0 Å². The quantitative estimate of drug-likeness (QED) is 0.205. The Labute approximate surface area is 226 Å². The van der Waals surface area contributed by atoms with Crippen molar-refractivity contribution in [2.75, 3.05) is 11.9 Å². The molecule has 3 N–H and O–H groups in total. The van der Waals surface area contributed by atoms with Crippen LogP contribution in [0.4, 0.5) is 28.0 Å². The van der Waals surface area contributed by atoms with Crippen molar-refractivity contribution in [1.82, 2.24) is 5.32 Å². The number of rotatable bonds is 11. The SMILES string of the molecule is C=Cc1cc(OCc2ccccc2)c(NC(=O)C(F)(F)F)c(F)c1CC(CO[Si](C)(C)C(C)(C)C)NC(=O)O. The number of amides is 2. The van der Waals surface area contributed by atoms with Gasteiger partial charge in [-0.05, 0) is 47.3 Å². The van der Waals surface area contributed by atoms with Crippen molar-refractivity contribution in [1.29, 1.82) is 0 Å². The molecule has 2 aromatic rings. The van der Waals surface area contributed by atoms with Crippen molar-refractivity contribution in [2.24, 2.45) is 0 Å². The first-order valence-electron chi connectivity index (χ1n) is 12.1. The van der Waals surface area contributed by atoms with Crippen LogP contribution in [0.15, 0.2) is 43.0 Å². The van der Waals surface area contributed by atoms with Gasteiger partial charge >= 0.3 is 18.2 Å². The Hall–Kier alpha value is -3.38. The summed E-state index contributed by atoms with van der Waals surface area (Å²) in [4.78, 5) is 23.3. The summed E-state index contributed by atoms with van der Waals surface area (Å²) in [5.74, 6) is -3.92. The van der Waals surface area contributed by atoms with E-state index in [-0.39, 0.29) is 41.5 Å². The molecule has 0 radical (unpaired) electrons. The van der Waals surface area contributed by atoms with E-state index >= 15 is 4.39 Å². The normalized spacial score (nSPS) is 12.9. The van der Waals surface area contributed by atoms with Gasteiger partial charge in [-0.15, -0.1) is 0 Å². The van der Waals surface area contributed by atoms with Crippen molar-refractivity contribution in [2.45, 2.75) is 64.1 Å². The summed E-state index contributed by atoms with van der Waals surface area (Å²) in [5, 5.41) is 13.0. The van der Waals surface area contributed by atoms with Gasteiger partial charge in [0.15, 0.2) is 14.1 Å². The molecule has 0 saturated heterocycles. The molecule has 0 fully saturated rings. The van der Waals surface area contributed by atoms with E-state index < -0.39 is 44.0 Å². The van der Waals surface area contributed by atoms with E-state index in [0.717, 1.165) is 0 Å². The number of nitrogens with one attached hydrogen (secondary N) is 2. The minimum absolute atomic E-state index is 0.102. The predicted molar refractivity (Wildman–Crippen MR) is 144 cm³/mol. The van der Waals surface area contributed by atoms with E-state index in [1.54, 1.807) is 35.6 Å². The topological polar surface area (TPSA) is 96.9 Å². The summed E-state index contributed by atoms with van der Waals surface area (Å²) in [7, 11) is -2.33. The Morgan fingerprint density at radius 1 is 1.15 bits per heavy atom. The van der Waals surface area contributed by atoms with Crippen molar-refractivity contribution in [3.05, 3.63) is 65.5 Å². The Morgan fingerprint density at radius 2 is 1.77 bits per heavy atom. The Kier molecular flexibility index (Phi) is 10.3. The number of carbonyl (C=O) groups excluding carboxylic acids is 1. The molecule has 0 bridgehead atoms. The molecule has 0 aliphatic heterocycles. The Balaban J connectivity index is 2.51. The van der Waals surface area contributed by atoms with E-state index in [2.05, 4.69) is 11.9 Å². The molecule has 0 heterocycles. The summed E-state index contributed by atoms with van der Waals surface area (Å²) in [6.45, 7) is 13.4. The molecule has 2 amide bonds. The van der Waals surface area contributed by atoms with Crippen molar-refractivity contribution in [3.8, 4) is 5.75 Å². The largest absolute Gasteiger partial charge is 0.487 e. The smallest absolute Gasteiger partial charge is 0.471 e. The minimum Gasteiger partial charge on any atom is -0.487 e. The third kappa shape index (κ3) is 8.82. The molecule has 7 nitrogen and oxygen atoms in total. The molecule has 39 heavy (non-hydrogen) atoms. The Bertz CT molecular complexity index is 1180. The van der Waals surface area contributed by atoms with E-state index in [9.17, 15) is 27.9 Å². The molecular formula is C27H34F4N2O5Si. The maximum atomic E-state index is 15.9. The maximum Gasteiger partial charge on any atom is 0.471 e. The molecule has 1 atom stereocenters. The van der Waals surface area contributed by atoms with Gasteiger partial charge in [0.1, 0.15) is 18.0 Å². The van der Waals surface area contributed by atoms with Crippen LogP contribution >= 0.6 is 0 Å². The molecular weight excluding hydrogens is 536 g/mol. The highest BCUT2D eigenvalue weighted by molar-refractivity contribution is 6.74. The molecule has 0 aliphatic rings. The number of alkyl halides is 3. The second-order valence-corrected chi connectivity index (χ2v) is 15.3. The number of carbonyl (C=O) groups is 2. The Morgan fingerprint density at radius 3 is 2.28 bits per heavy atom. The first-order chi connectivity index (χ1) is 18.0. The fourth-order valence-electron chi connectivity index (χ4n) is 3.32. The van der Waals surface area contributed by atoms with Crippen LogP contribution < -0.4 is 15.4 Å². The first kappa shape index (κ1) is 31.8. The second kappa shape index (κ2) is 12.6. The average Bonchev–Trinajstić information content (AvgIpc) is 2.83. The van der Waals surface area contributed by atoms with E-state index in [0.29, 0.717) is 5.56 Å². The van der Waals surface area contributed by atoms with Crippen LogP contribution in [0, 0.1) is 5.82 Å². The van der Waals surface area contributed by atoms with Crippen molar-refractivity contribution < 1.29 is 41.4 Å². The second-order valence-electron chi connectivity index (χ2n) is 10.5. The zero-order valence-electron chi connectivity index (χ0n) is 22.5. The van der Waals surface area contributed by atoms with Gasteiger partial charge in [-0.2, -0.15) is 13.2 Å². The highest BCUT2D eigenvalue weighted by atomic mass is 28.4. The van der Waals surface area contributed by atoms with Crippen LogP contribution in [0.2, 0.25) is 18.1 Å². The van der Waals surface area contributed by atoms with Crippen LogP contribution in [0.5, 0.6) is 5.75 Å². The molecule has 0 spiro atoms. The number of hydrogen-bond acceptors (Lipinski definition) is 4. The summed E-state index contributed by atoms with van der Waals surface area (Å²) >= 11 is 0. The van der Waals surface area contributed by atoms with Gasteiger partial charge in [-0.3, -0.25) is 4.79 Å². The van der Waals surface area contributed by atoms with Crippen LogP contribution in [-0.2, 0) is 22.2 Å². The van der Waals surface area contributed by atoms with Gasteiger partial charge in [0.2, 0.25) is 0 Å². The number of carboxylic acid groups (broad SMARTS) is 1. The summed E-state index contributed by atoms with van der Waals surface area (Å²) in [6.07, 6.45) is -5.68. The van der Waals surface area contributed by atoms with Gasteiger partial charge in [0, 0.05) is 0 Å². The van der Waals surface area contributed by atoms with Gasteiger partial charge in [0.05, 0.1) is 12.6 Å². The number of anilines is 1. The summed E-state index contributed by atoms with van der Waals surface area (Å²) in [6, 6.07) is 8.94. The standard InChI is InChI=1S/C27H34F4N2O5Si/c1-7-18-13-21(37-15-17-11-9-8-10-12-17)23(33-24(34)27(29,30)31)22(28)20(18)14-19(32-25(35)36)16-38-39(5,6)26(2,3)4/h7-13,19,32H,1,14-16H2,2-6H3,(H,33,34)(H,35,36). The fourth-order valence-corrected chi connectivity index (χ4v) is 4.37. The lowest BCUT2D eigenvalue weighted by Gasteiger charge is -2.37. The highest BCUT2D eigenvalue weighted by Crippen LogP contribution is 2.38. The van der Waals surface area contributed by atoms with E-state index in [4.69, 9.17) is 9.16 Å².